The number of nitrogens with two attached hydrogens (primary N) is 1. The third kappa shape index (κ3) is 3.52. The maximum Gasteiger partial charge on any atom is 0.255 e. The number of carbonyl (C=O) groups is 1. The van der Waals surface area contributed by atoms with Gasteiger partial charge in [-0.1, -0.05) is 6.07 Å². The van der Waals surface area contributed by atoms with E-state index in [1.54, 1.807) is 30.0 Å². The van der Waals surface area contributed by atoms with Gasteiger partial charge in [0, 0.05) is 26.3 Å². The summed E-state index contributed by atoms with van der Waals surface area (Å²) in [6.07, 6.45) is 2.00. The molecule has 1 amide bonds. The Bertz CT molecular complexity index is 616. The number of amides is 1. The normalized spacial score (nSPS) is 10.2. The monoisotopic (exact) mass is 336 g/mol. The second-order valence-corrected chi connectivity index (χ2v) is 5.66. The van der Waals surface area contributed by atoms with Gasteiger partial charge in [0.2, 0.25) is 0 Å². The average Bonchev–Trinajstić information content (AvgIpc) is 2.42. The van der Waals surface area contributed by atoms with Gasteiger partial charge in [-0.2, -0.15) is 0 Å². The fourth-order valence-electron chi connectivity index (χ4n) is 1.57. The van der Waals surface area contributed by atoms with Crippen molar-refractivity contribution in [1.82, 2.24) is 0 Å². The highest BCUT2D eigenvalue weighted by Crippen LogP contribution is 2.22. The number of anilines is 2. The van der Waals surface area contributed by atoms with Gasteiger partial charge in [0.15, 0.2) is 0 Å². The molecule has 0 fully saturated rings. The second kappa shape index (κ2) is 6.12. The van der Waals surface area contributed by atoms with E-state index in [4.69, 9.17) is 5.73 Å². The highest BCUT2D eigenvalue weighted by molar-refractivity contribution is 9.10. The molecule has 0 aliphatic carbocycles. The molecule has 2 rings (SSSR count). The standard InChI is InChI=1S/C14H13BrN2OS/c1-19-11-4-2-3-10(8-11)17-14(18)9-5-6-13(16)12(15)7-9/h2-8H,16H2,1H3,(H,17,18). The Morgan fingerprint density at radius 2 is 2.05 bits per heavy atom. The van der Waals surface area contributed by atoms with Crippen molar-refractivity contribution in [2.24, 2.45) is 0 Å². The van der Waals surface area contributed by atoms with Crippen LogP contribution in [0.4, 0.5) is 11.4 Å². The van der Waals surface area contributed by atoms with Crippen LogP contribution < -0.4 is 11.1 Å². The van der Waals surface area contributed by atoms with Gasteiger partial charge in [0.05, 0.1) is 0 Å². The van der Waals surface area contributed by atoms with E-state index < -0.39 is 0 Å². The van der Waals surface area contributed by atoms with E-state index in [0.717, 1.165) is 15.1 Å². The largest absolute Gasteiger partial charge is 0.398 e. The molecular weight excluding hydrogens is 324 g/mol. The molecule has 0 heterocycles. The first-order chi connectivity index (χ1) is 9.10. The molecule has 0 saturated carbocycles. The highest BCUT2D eigenvalue weighted by atomic mass is 79.9. The molecule has 0 bridgehead atoms. The molecule has 2 aromatic carbocycles. The highest BCUT2D eigenvalue weighted by Gasteiger charge is 2.08. The topological polar surface area (TPSA) is 55.1 Å². The quantitative estimate of drug-likeness (QED) is 0.657. The van der Waals surface area contributed by atoms with Crippen LogP contribution in [0.2, 0.25) is 0 Å². The Morgan fingerprint density at radius 1 is 1.26 bits per heavy atom. The molecule has 3 N–H and O–H groups in total. The Morgan fingerprint density at radius 3 is 2.74 bits per heavy atom. The minimum Gasteiger partial charge on any atom is -0.398 e. The molecule has 3 nitrogen and oxygen atoms in total. The zero-order valence-corrected chi connectivity index (χ0v) is 12.7. The lowest BCUT2D eigenvalue weighted by molar-refractivity contribution is 0.102. The van der Waals surface area contributed by atoms with Crippen LogP contribution in [0.1, 0.15) is 10.4 Å². The molecule has 0 unspecified atom stereocenters. The molecule has 0 aliphatic rings. The molecule has 2 aromatic rings. The van der Waals surface area contributed by atoms with Crippen LogP contribution in [-0.4, -0.2) is 12.2 Å². The molecule has 0 spiro atoms. The molecule has 0 saturated heterocycles. The van der Waals surface area contributed by atoms with Gasteiger partial charge in [0.25, 0.3) is 5.91 Å². The number of halogens is 1. The Balaban J connectivity index is 2.18. The first-order valence-corrected chi connectivity index (χ1v) is 7.62. The lowest BCUT2D eigenvalue weighted by Crippen LogP contribution is -2.12. The number of rotatable bonds is 3. The molecular formula is C14H13BrN2OS. The van der Waals surface area contributed by atoms with Crippen molar-refractivity contribution in [3.8, 4) is 0 Å². The Labute approximate surface area is 124 Å². The van der Waals surface area contributed by atoms with Crippen LogP contribution in [0.15, 0.2) is 51.8 Å². The second-order valence-electron chi connectivity index (χ2n) is 3.92. The van der Waals surface area contributed by atoms with E-state index in [2.05, 4.69) is 21.2 Å². The number of benzene rings is 2. The van der Waals surface area contributed by atoms with Crippen LogP contribution in [-0.2, 0) is 0 Å². The van der Waals surface area contributed by atoms with Gasteiger partial charge in [0.1, 0.15) is 0 Å². The summed E-state index contributed by atoms with van der Waals surface area (Å²) >= 11 is 4.95. The maximum absolute atomic E-state index is 12.1. The SMILES string of the molecule is CSc1cccc(NC(=O)c2ccc(N)c(Br)c2)c1. The zero-order chi connectivity index (χ0) is 13.8. The van der Waals surface area contributed by atoms with Crippen molar-refractivity contribution >= 4 is 45.0 Å². The summed E-state index contributed by atoms with van der Waals surface area (Å²) in [6.45, 7) is 0. The molecule has 98 valence electrons. The minimum absolute atomic E-state index is 0.154. The van der Waals surface area contributed by atoms with Crippen LogP contribution in [0.3, 0.4) is 0 Å². The molecule has 0 aromatic heterocycles. The molecule has 0 atom stereocenters. The zero-order valence-electron chi connectivity index (χ0n) is 10.3. The third-order valence-electron chi connectivity index (χ3n) is 2.59. The van der Waals surface area contributed by atoms with Crippen molar-refractivity contribution in [3.05, 3.63) is 52.5 Å². The summed E-state index contributed by atoms with van der Waals surface area (Å²) < 4.78 is 0.720. The smallest absolute Gasteiger partial charge is 0.255 e. The number of carbonyl (C=O) groups excluding carboxylic acids is 1. The summed E-state index contributed by atoms with van der Waals surface area (Å²) in [5, 5.41) is 2.87. The number of hydrogen-bond acceptors (Lipinski definition) is 3. The lowest BCUT2D eigenvalue weighted by Gasteiger charge is -2.07. The van der Waals surface area contributed by atoms with Crippen molar-refractivity contribution in [2.75, 3.05) is 17.3 Å². The van der Waals surface area contributed by atoms with Crippen LogP contribution in [0.5, 0.6) is 0 Å². The average molecular weight is 337 g/mol. The van der Waals surface area contributed by atoms with Crippen LogP contribution in [0.25, 0.3) is 0 Å². The fourth-order valence-corrected chi connectivity index (χ4v) is 2.41. The summed E-state index contributed by atoms with van der Waals surface area (Å²) in [4.78, 5) is 13.2. The van der Waals surface area contributed by atoms with E-state index in [-0.39, 0.29) is 5.91 Å². The molecule has 5 heteroatoms. The van der Waals surface area contributed by atoms with Gasteiger partial charge in [-0.25, -0.2) is 0 Å². The van der Waals surface area contributed by atoms with Crippen molar-refractivity contribution in [1.29, 1.82) is 0 Å². The first kappa shape index (κ1) is 14.0. The predicted octanol–water partition coefficient (Wildman–Crippen LogP) is 4.01. The van der Waals surface area contributed by atoms with Gasteiger partial charge in [-0.05, 0) is 58.6 Å². The summed E-state index contributed by atoms with van der Waals surface area (Å²) in [7, 11) is 0. The van der Waals surface area contributed by atoms with Crippen molar-refractivity contribution in [2.45, 2.75) is 4.90 Å². The van der Waals surface area contributed by atoms with Crippen molar-refractivity contribution in [3.63, 3.8) is 0 Å². The molecule has 0 radical (unpaired) electrons. The molecule has 19 heavy (non-hydrogen) atoms. The lowest BCUT2D eigenvalue weighted by atomic mass is 10.2. The van der Waals surface area contributed by atoms with Gasteiger partial charge in [-0.3, -0.25) is 4.79 Å². The van der Waals surface area contributed by atoms with Gasteiger partial charge in [-0.15, -0.1) is 11.8 Å². The first-order valence-electron chi connectivity index (χ1n) is 5.60. The maximum atomic E-state index is 12.1. The van der Waals surface area contributed by atoms with E-state index in [9.17, 15) is 4.79 Å². The van der Waals surface area contributed by atoms with Gasteiger partial charge < -0.3 is 11.1 Å². The van der Waals surface area contributed by atoms with E-state index in [1.807, 2.05) is 30.5 Å². The Hall–Kier alpha value is -1.46. The van der Waals surface area contributed by atoms with E-state index in [0.29, 0.717) is 11.3 Å². The number of thioether (sulfide) groups is 1. The van der Waals surface area contributed by atoms with E-state index >= 15 is 0 Å². The summed E-state index contributed by atoms with van der Waals surface area (Å²) in [5.41, 5.74) is 7.66. The van der Waals surface area contributed by atoms with E-state index in [1.165, 1.54) is 0 Å². The van der Waals surface area contributed by atoms with Crippen LogP contribution in [0, 0.1) is 0 Å². The third-order valence-corrected chi connectivity index (χ3v) is 4.00. The number of nitrogen functional groups attached to an aromatic ring is 1. The Kier molecular flexibility index (Phi) is 4.50. The van der Waals surface area contributed by atoms with Crippen LogP contribution >= 0.6 is 27.7 Å². The number of nitrogens with one attached hydrogen (secondary N) is 1. The van der Waals surface area contributed by atoms with Crippen molar-refractivity contribution < 1.29 is 4.79 Å². The minimum atomic E-state index is -0.154. The predicted molar refractivity (Wildman–Crippen MR) is 84.7 cm³/mol. The summed E-state index contributed by atoms with van der Waals surface area (Å²) in [5.74, 6) is -0.154. The van der Waals surface area contributed by atoms with Gasteiger partial charge >= 0.3 is 0 Å². The fraction of sp³-hybridized carbons (Fsp3) is 0.0714. The number of hydrogen-bond donors (Lipinski definition) is 2. The summed E-state index contributed by atoms with van der Waals surface area (Å²) in [6, 6.07) is 12.8. The molecule has 0 aliphatic heterocycles.